The minimum Gasteiger partial charge on any atom is -0.244 e. The Balaban J connectivity index is 1.83. The zero-order chi connectivity index (χ0) is 16.2. The second kappa shape index (κ2) is 4.82. The minimum atomic E-state index is -0.0481. The van der Waals surface area contributed by atoms with E-state index in [-0.39, 0.29) is 5.41 Å². The van der Waals surface area contributed by atoms with Gasteiger partial charge in [0.25, 0.3) is 0 Å². The molecule has 4 heteroatoms. The predicted molar refractivity (Wildman–Crippen MR) is 92.0 cm³/mol. The molecule has 1 atom stereocenters. The predicted octanol–water partition coefficient (Wildman–Crippen LogP) is 3.88. The van der Waals surface area contributed by atoms with E-state index in [4.69, 9.17) is 4.99 Å². The average Bonchev–Trinajstić information content (AvgIpc) is 3.08. The molecule has 4 rings (SSSR count). The molecule has 4 nitrogen and oxygen atoms in total. The second-order valence-corrected chi connectivity index (χ2v) is 6.85. The Morgan fingerprint density at radius 1 is 1.17 bits per heavy atom. The Morgan fingerprint density at radius 3 is 2.78 bits per heavy atom. The fourth-order valence-corrected chi connectivity index (χ4v) is 3.60. The summed E-state index contributed by atoms with van der Waals surface area (Å²) in [7, 11) is 0. The first kappa shape index (κ1) is 14.2. The Hall–Kier alpha value is -2.36. The molecule has 2 aliphatic rings. The van der Waals surface area contributed by atoms with Crippen molar-refractivity contribution in [2.24, 2.45) is 10.9 Å². The minimum absolute atomic E-state index is 0.0481. The van der Waals surface area contributed by atoms with Crippen LogP contribution in [-0.4, -0.2) is 20.7 Å². The van der Waals surface area contributed by atoms with Crippen molar-refractivity contribution >= 4 is 17.1 Å². The van der Waals surface area contributed by atoms with E-state index < -0.39 is 0 Å². The number of fused-ring (bicyclic) bond motifs is 2. The summed E-state index contributed by atoms with van der Waals surface area (Å²) in [6, 6.07) is 2.26. The molecule has 0 bridgehead atoms. The van der Waals surface area contributed by atoms with Crippen LogP contribution < -0.4 is 0 Å². The van der Waals surface area contributed by atoms with Gasteiger partial charge in [0.2, 0.25) is 0 Å². The second-order valence-electron chi connectivity index (χ2n) is 6.85. The molecule has 0 saturated heterocycles. The Labute approximate surface area is 136 Å². The van der Waals surface area contributed by atoms with E-state index in [1.165, 1.54) is 11.1 Å². The molecule has 1 aliphatic heterocycles. The Kier molecular flexibility index (Phi) is 2.98. The highest BCUT2D eigenvalue weighted by Gasteiger charge is 2.40. The molecule has 2 aromatic heterocycles. The van der Waals surface area contributed by atoms with Crippen LogP contribution in [0.5, 0.6) is 0 Å². The van der Waals surface area contributed by atoms with Gasteiger partial charge < -0.3 is 0 Å². The molecule has 116 valence electrons. The standard InChI is InChI=1S/C19H20N4/c1-11(2)19(4)12(3)23-18-16(19)7-13(8-21-18)14-5-6-17-15(14)9-20-10-22-17/h5,7-11H,6H2,1-4H3. The normalized spacial score (nSPS) is 22.0. The molecular formula is C19H20N4. The highest BCUT2D eigenvalue weighted by Crippen LogP contribution is 2.45. The van der Waals surface area contributed by atoms with Crippen LogP contribution in [-0.2, 0) is 11.8 Å². The van der Waals surface area contributed by atoms with Gasteiger partial charge in [-0.15, -0.1) is 0 Å². The quantitative estimate of drug-likeness (QED) is 0.846. The highest BCUT2D eigenvalue weighted by atomic mass is 15.0. The highest BCUT2D eigenvalue weighted by molar-refractivity contribution is 6.00. The monoisotopic (exact) mass is 304 g/mol. The molecule has 1 unspecified atom stereocenters. The summed E-state index contributed by atoms with van der Waals surface area (Å²) in [5, 5.41) is 0. The number of pyridine rings is 1. The van der Waals surface area contributed by atoms with Crippen LogP contribution in [0.15, 0.2) is 35.9 Å². The molecule has 0 radical (unpaired) electrons. The van der Waals surface area contributed by atoms with Crippen LogP contribution in [0.4, 0.5) is 5.82 Å². The molecule has 0 spiro atoms. The van der Waals surface area contributed by atoms with E-state index in [1.807, 2.05) is 12.4 Å². The topological polar surface area (TPSA) is 51.0 Å². The lowest BCUT2D eigenvalue weighted by Gasteiger charge is -2.30. The molecule has 0 fully saturated rings. The number of hydrogen-bond donors (Lipinski definition) is 0. The van der Waals surface area contributed by atoms with Crippen molar-refractivity contribution in [3.8, 4) is 0 Å². The lowest BCUT2D eigenvalue weighted by molar-refractivity contribution is 0.455. The first-order valence-corrected chi connectivity index (χ1v) is 8.08. The average molecular weight is 304 g/mol. The molecule has 3 heterocycles. The van der Waals surface area contributed by atoms with Crippen molar-refractivity contribution in [2.45, 2.75) is 39.5 Å². The van der Waals surface area contributed by atoms with Crippen LogP contribution in [0.3, 0.4) is 0 Å². The number of rotatable bonds is 2. The van der Waals surface area contributed by atoms with Crippen molar-refractivity contribution in [3.63, 3.8) is 0 Å². The Morgan fingerprint density at radius 2 is 2.00 bits per heavy atom. The van der Waals surface area contributed by atoms with Crippen molar-refractivity contribution in [2.75, 3.05) is 0 Å². The zero-order valence-electron chi connectivity index (χ0n) is 14.0. The maximum Gasteiger partial charge on any atom is 0.155 e. The summed E-state index contributed by atoms with van der Waals surface area (Å²) in [6.45, 7) is 8.88. The van der Waals surface area contributed by atoms with Crippen molar-refractivity contribution in [1.82, 2.24) is 15.0 Å². The van der Waals surface area contributed by atoms with Crippen LogP contribution in [0.2, 0.25) is 0 Å². The molecule has 23 heavy (non-hydrogen) atoms. The number of hydrogen-bond acceptors (Lipinski definition) is 4. The maximum atomic E-state index is 4.70. The van der Waals surface area contributed by atoms with Gasteiger partial charge in [-0.05, 0) is 31.4 Å². The van der Waals surface area contributed by atoms with Gasteiger partial charge in [-0.3, -0.25) is 0 Å². The van der Waals surface area contributed by atoms with E-state index in [0.717, 1.165) is 34.8 Å². The molecule has 2 aromatic rings. The van der Waals surface area contributed by atoms with Gasteiger partial charge in [0, 0.05) is 46.6 Å². The third kappa shape index (κ3) is 1.90. The first-order chi connectivity index (χ1) is 11.0. The fraction of sp³-hybridized carbons (Fsp3) is 0.368. The van der Waals surface area contributed by atoms with Crippen LogP contribution >= 0.6 is 0 Å². The molecule has 1 aliphatic carbocycles. The first-order valence-electron chi connectivity index (χ1n) is 8.08. The van der Waals surface area contributed by atoms with Gasteiger partial charge in [-0.1, -0.05) is 19.9 Å². The number of allylic oxidation sites excluding steroid dienone is 1. The smallest absolute Gasteiger partial charge is 0.155 e. The Bertz CT molecular complexity index is 863. The van der Waals surface area contributed by atoms with Gasteiger partial charge in [0.05, 0.1) is 5.69 Å². The summed E-state index contributed by atoms with van der Waals surface area (Å²) in [4.78, 5) is 17.9. The molecule has 0 aromatic carbocycles. The van der Waals surface area contributed by atoms with Crippen molar-refractivity contribution < 1.29 is 0 Å². The summed E-state index contributed by atoms with van der Waals surface area (Å²) in [5.41, 5.74) is 6.87. The maximum absolute atomic E-state index is 4.70. The SMILES string of the molecule is CC1=Nc2ncc(C3=CCc4ncncc43)cc2C1(C)C(C)C. The van der Waals surface area contributed by atoms with Gasteiger partial charge in [0.15, 0.2) is 5.82 Å². The number of aliphatic imine (C=N–C) groups is 1. The fourth-order valence-electron chi connectivity index (χ4n) is 3.60. The van der Waals surface area contributed by atoms with E-state index in [2.05, 4.69) is 54.8 Å². The molecule has 0 saturated carbocycles. The molecule has 0 N–H and O–H groups in total. The summed E-state index contributed by atoms with van der Waals surface area (Å²) >= 11 is 0. The van der Waals surface area contributed by atoms with Crippen LogP contribution in [0, 0.1) is 5.92 Å². The van der Waals surface area contributed by atoms with Gasteiger partial charge in [-0.2, -0.15) is 0 Å². The van der Waals surface area contributed by atoms with E-state index in [1.54, 1.807) is 6.33 Å². The van der Waals surface area contributed by atoms with Gasteiger partial charge in [-0.25, -0.2) is 19.9 Å². The summed E-state index contributed by atoms with van der Waals surface area (Å²) in [5.74, 6) is 1.34. The molecule has 0 amide bonds. The van der Waals surface area contributed by atoms with Crippen LogP contribution in [0.25, 0.3) is 5.57 Å². The zero-order valence-corrected chi connectivity index (χ0v) is 14.0. The third-order valence-electron chi connectivity index (χ3n) is 5.50. The van der Waals surface area contributed by atoms with E-state index in [0.29, 0.717) is 5.92 Å². The molecular weight excluding hydrogens is 284 g/mol. The number of aromatic nitrogens is 3. The lowest BCUT2D eigenvalue weighted by Crippen LogP contribution is -2.33. The lowest BCUT2D eigenvalue weighted by atomic mass is 9.71. The van der Waals surface area contributed by atoms with Crippen LogP contribution in [0.1, 0.15) is 50.1 Å². The van der Waals surface area contributed by atoms with Crippen molar-refractivity contribution in [3.05, 3.63) is 53.2 Å². The summed E-state index contributed by atoms with van der Waals surface area (Å²) in [6.07, 6.45) is 8.52. The number of nitrogens with zero attached hydrogens (tertiary/aromatic N) is 4. The van der Waals surface area contributed by atoms with E-state index >= 15 is 0 Å². The van der Waals surface area contributed by atoms with Gasteiger partial charge >= 0.3 is 0 Å². The third-order valence-corrected chi connectivity index (χ3v) is 5.50. The summed E-state index contributed by atoms with van der Waals surface area (Å²) < 4.78 is 0. The largest absolute Gasteiger partial charge is 0.244 e. The van der Waals surface area contributed by atoms with Gasteiger partial charge in [0.1, 0.15) is 6.33 Å². The van der Waals surface area contributed by atoms with Crippen molar-refractivity contribution in [1.29, 1.82) is 0 Å². The van der Waals surface area contributed by atoms with E-state index in [9.17, 15) is 0 Å².